The first kappa shape index (κ1) is 27.0. The second kappa shape index (κ2) is 11.0. The van der Waals surface area contributed by atoms with Crippen molar-refractivity contribution in [3.8, 4) is 0 Å². The molecule has 0 aliphatic carbocycles. The highest BCUT2D eigenvalue weighted by Crippen LogP contribution is 2.42. The van der Waals surface area contributed by atoms with Crippen molar-refractivity contribution in [2.24, 2.45) is 0 Å². The van der Waals surface area contributed by atoms with E-state index >= 15 is 4.39 Å². The van der Waals surface area contributed by atoms with Crippen LogP contribution in [0.15, 0.2) is 40.1 Å². The van der Waals surface area contributed by atoms with Crippen LogP contribution in [0.5, 0.6) is 0 Å². The number of alkyl halides is 1. The van der Waals surface area contributed by atoms with E-state index in [0.29, 0.717) is 4.57 Å². The van der Waals surface area contributed by atoms with E-state index in [1.54, 1.807) is 0 Å². The Morgan fingerprint density at radius 1 is 1.11 bits per heavy atom. The van der Waals surface area contributed by atoms with Crippen molar-refractivity contribution in [1.82, 2.24) is 9.55 Å². The molecule has 36 heavy (non-hydrogen) atoms. The number of aromatic nitrogens is 2. The van der Waals surface area contributed by atoms with Gasteiger partial charge in [-0.05, 0) is 18.2 Å². The summed E-state index contributed by atoms with van der Waals surface area (Å²) < 4.78 is 45.8. The maximum absolute atomic E-state index is 16.2. The van der Waals surface area contributed by atoms with Crippen LogP contribution in [0.25, 0.3) is 0 Å². The number of H-pyrrole nitrogens is 1. The van der Waals surface area contributed by atoms with Crippen LogP contribution in [0.2, 0.25) is 10.0 Å². The van der Waals surface area contributed by atoms with E-state index in [4.69, 9.17) is 42.1 Å². The summed E-state index contributed by atoms with van der Waals surface area (Å²) in [6.45, 7) is -1.23. The van der Waals surface area contributed by atoms with Gasteiger partial charge in [-0.25, -0.2) is 23.6 Å². The lowest BCUT2D eigenvalue weighted by atomic mass is 10.1. The molecule has 2 heterocycles. The third kappa shape index (κ3) is 5.78. The summed E-state index contributed by atoms with van der Waals surface area (Å²) in [4.78, 5) is 61.9. The number of hydrogen-bond donors (Lipinski definition) is 1. The lowest BCUT2D eigenvalue weighted by Crippen LogP contribution is -2.48. The van der Waals surface area contributed by atoms with E-state index in [9.17, 15) is 24.0 Å². The molecule has 0 saturated carbocycles. The number of nitrogens with zero attached hydrogens (tertiary/aromatic N) is 1. The van der Waals surface area contributed by atoms with E-state index in [-0.39, 0.29) is 15.6 Å². The Morgan fingerprint density at radius 3 is 2.39 bits per heavy atom. The van der Waals surface area contributed by atoms with Crippen LogP contribution in [-0.2, 0) is 28.4 Å². The van der Waals surface area contributed by atoms with Crippen molar-refractivity contribution < 1.29 is 47.2 Å². The molecule has 2 aromatic rings. The van der Waals surface area contributed by atoms with E-state index in [2.05, 4.69) is 9.47 Å². The fraction of sp³-hybridized carbons (Fsp3) is 0.350. The van der Waals surface area contributed by atoms with E-state index in [0.717, 1.165) is 26.5 Å². The van der Waals surface area contributed by atoms with Gasteiger partial charge in [-0.1, -0.05) is 23.2 Å². The normalized spacial score (nSPS) is 23.0. The highest BCUT2D eigenvalue weighted by atomic mass is 35.5. The van der Waals surface area contributed by atoms with Gasteiger partial charge in [-0.2, -0.15) is 0 Å². The molecular weight excluding hydrogens is 534 g/mol. The molecule has 1 N–H and O–H groups in total. The molecule has 3 rings (SSSR count). The van der Waals surface area contributed by atoms with Crippen molar-refractivity contribution in [3.63, 3.8) is 0 Å². The lowest BCUT2D eigenvalue weighted by molar-refractivity contribution is -0.209. The van der Waals surface area contributed by atoms with Gasteiger partial charge in [0.05, 0.1) is 24.8 Å². The first-order valence-corrected chi connectivity index (χ1v) is 10.5. The Hall–Kier alpha value is -3.62. The largest absolute Gasteiger partial charge is 0.508 e. The van der Waals surface area contributed by atoms with Crippen LogP contribution in [0.4, 0.5) is 14.0 Å². The third-order valence-electron chi connectivity index (χ3n) is 4.79. The molecular formula is C20H17Cl2FN2O11. The number of halogens is 3. The number of nitrogens with one attached hydrogen (secondary N) is 1. The Morgan fingerprint density at radius 2 is 1.78 bits per heavy atom. The quantitative estimate of drug-likeness (QED) is 0.414. The van der Waals surface area contributed by atoms with Gasteiger partial charge in [-0.3, -0.25) is 14.3 Å². The number of methoxy groups -OCH3 is 2. The number of carbonyl (C=O) groups excluding carboxylic acids is 3. The number of esters is 1. The molecule has 1 aromatic heterocycles. The predicted molar refractivity (Wildman–Crippen MR) is 117 cm³/mol. The van der Waals surface area contributed by atoms with Crippen molar-refractivity contribution in [1.29, 1.82) is 0 Å². The monoisotopic (exact) mass is 550 g/mol. The van der Waals surface area contributed by atoms with Crippen LogP contribution in [0, 0.1) is 0 Å². The Balaban J connectivity index is 1.99. The van der Waals surface area contributed by atoms with Gasteiger partial charge in [0, 0.05) is 17.3 Å². The van der Waals surface area contributed by atoms with E-state index < -0.39 is 60.4 Å². The molecule has 16 heteroatoms. The first-order valence-electron chi connectivity index (χ1n) is 9.78. The van der Waals surface area contributed by atoms with Crippen LogP contribution in [0.1, 0.15) is 16.6 Å². The summed E-state index contributed by atoms with van der Waals surface area (Å²) >= 11 is 11.8. The van der Waals surface area contributed by atoms with Gasteiger partial charge in [0.1, 0.15) is 0 Å². The number of carbonyl (C=O) groups is 3. The van der Waals surface area contributed by atoms with Crippen LogP contribution < -0.4 is 11.2 Å². The molecule has 4 atom stereocenters. The minimum absolute atomic E-state index is 0.0975. The fourth-order valence-corrected chi connectivity index (χ4v) is 3.66. The Labute approximate surface area is 210 Å². The topological polar surface area (TPSA) is 161 Å². The van der Waals surface area contributed by atoms with Crippen molar-refractivity contribution >= 4 is 41.5 Å². The van der Waals surface area contributed by atoms with Crippen LogP contribution in [-0.4, -0.2) is 66.7 Å². The molecule has 0 amide bonds. The van der Waals surface area contributed by atoms with Crippen LogP contribution >= 0.6 is 23.2 Å². The second-order valence-corrected chi connectivity index (χ2v) is 7.89. The molecule has 1 aliphatic rings. The maximum atomic E-state index is 16.2. The molecule has 0 bridgehead atoms. The minimum atomic E-state index is -3.21. The van der Waals surface area contributed by atoms with Gasteiger partial charge < -0.3 is 28.4 Å². The van der Waals surface area contributed by atoms with Crippen molar-refractivity contribution in [2.45, 2.75) is 24.3 Å². The SMILES string of the molecule is COC(=O)O[C@H]1[C@H](n2ccc(=O)[nH]c2=O)O[C@](F)(COC(=O)c2ccc(Cl)cc2Cl)[C@H]1OC(=O)OC. The first-order chi connectivity index (χ1) is 17.0. The second-order valence-electron chi connectivity index (χ2n) is 7.04. The molecule has 1 saturated heterocycles. The minimum Gasteiger partial charge on any atom is -0.456 e. The number of ether oxygens (including phenoxy) is 6. The fourth-order valence-electron chi connectivity index (χ4n) is 3.17. The molecule has 194 valence electrons. The van der Waals surface area contributed by atoms with Crippen molar-refractivity contribution in [2.75, 3.05) is 20.8 Å². The lowest BCUT2D eigenvalue weighted by Gasteiger charge is -2.26. The van der Waals surface area contributed by atoms with Gasteiger partial charge >= 0.3 is 24.0 Å². The van der Waals surface area contributed by atoms with Gasteiger partial charge in [-0.15, -0.1) is 0 Å². The summed E-state index contributed by atoms with van der Waals surface area (Å²) in [6, 6.07) is 4.71. The average molecular weight is 551 g/mol. The molecule has 1 aromatic carbocycles. The number of aromatic amines is 1. The standard InChI is InChI=1S/C20H17Cl2FN2O11/c1-31-18(29)34-13-14(35-19(30)32-2)20(23,36-15(13)25-6-5-12(26)24-17(25)28)8-33-16(27)10-4-3-9(21)7-11(10)22/h3-7,13-15H,8H2,1-2H3,(H,24,26,28)/t13-,14+,15-,20-/m1/s1. The Kier molecular flexibility index (Phi) is 8.22. The highest BCUT2D eigenvalue weighted by Gasteiger charge is 2.62. The zero-order valence-electron chi connectivity index (χ0n) is 18.4. The van der Waals surface area contributed by atoms with Gasteiger partial charge in [0.2, 0.25) is 6.10 Å². The van der Waals surface area contributed by atoms with Gasteiger partial charge in [0.15, 0.2) is 18.9 Å². The predicted octanol–water partition coefficient (Wildman–Crippen LogP) is 2.20. The van der Waals surface area contributed by atoms with Crippen molar-refractivity contribution in [3.05, 3.63) is 66.9 Å². The highest BCUT2D eigenvalue weighted by molar-refractivity contribution is 6.36. The zero-order chi connectivity index (χ0) is 26.6. The average Bonchev–Trinajstić information content (AvgIpc) is 3.08. The number of benzene rings is 1. The van der Waals surface area contributed by atoms with E-state index in [1.807, 2.05) is 4.98 Å². The third-order valence-corrected chi connectivity index (χ3v) is 5.33. The molecule has 0 spiro atoms. The molecule has 0 radical (unpaired) electrons. The summed E-state index contributed by atoms with van der Waals surface area (Å²) in [6.07, 6.45) is -7.74. The van der Waals surface area contributed by atoms with Crippen LogP contribution in [0.3, 0.4) is 0 Å². The molecule has 1 aliphatic heterocycles. The molecule has 0 unspecified atom stereocenters. The molecule has 13 nitrogen and oxygen atoms in total. The Bertz CT molecular complexity index is 1280. The summed E-state index contributed by atoms with van der Waals surface area (Å²) in [5, 5.41) is 0.126. The molecule has 1 fully saturated rings. The summed E-state index contributed by atoms with van der Waals surface area (Å²) in [5.74, 6) is -4.31. The number of hydrogen-bond acceptors (Lipinski definition) is 11. The summed E-state index contributed by atoms with van der Waals surface area (Å²) in [5.41, 5.74) is -2.05. The summed E-state index contributed by atoms with van der Waals surface area (Å²) in [7, 11) is 1.86. The number of rotatable bonds is 6. The zero-order valence-corrected chi connectivity index (χ0v) is 19.9. The maximum Gasteiger partial charge on any atom is 0.508 e. The smallest absolute Gasteiger partial charge is 0.456 e. The van der Waals surface area contributed by atoms with E-state index in [1.165, 1.54) is 18.2 Å². The van der Waals surface area contributed by atoms with Gasteiger partial charge in [0.25, 0.3) is 11.4 Å².